The highest BCUT2D eigenvalue weighted by Gasteiger charge is 2.34. The normalized spacial score (nSPS) is 16.4. The summed E-state index contributed by atoms with van der Waals surface area (Å²) in [6, 6.07) is 5.64. The second-order valence-corrected chi connectivity index (χ2v) is 8.71. The number of sulfone groups is 1. The van der Waals surface area contributed by atoms with E-state index in [1.54, 1.807) is 0 Å². The van der Waals surface area contributed by atoms with Crippen LogP contribution in [0.3, 0.4) is 0 Å². The van der Waals surface area contributed by atoms with Gasteiger partial charge in [0.1, 0.15) is 5.75 Å². The SMILES string of the molecule is CN(C)C(=O)CS(=O)(=O)c1ccc(C(=O)NC2(CN)CCCC2)cc1. The van der Waals surface area contributed by atoms with Crippen molar-refractivity contribution in [2.45, 2.75) is 36.1 Å². The summed E-state index contributed by atoms with van der Waals surface area (Å²) in [6.45, 7) is 0.387. The highest BCUT2D eigenvalue weighted by Crippen LogP contribution is 2.29. The Morgan fingerprint density at radius 3 is 2.20 bits per heavy atom. The highest BCUT2D eigenvalue weighted by molar-refractivity contribution is 7.92. The number of nitrogens with zero attached hydrogens (tertiary/aromatic N) is 1. The summed E-state index contributed by atoms with van der Waals surface area (Å²) < 4.78 is 24.5. The molecule has 1 aromatic carbocycles. The predicted octanol–water partition coefficient (Wildman–Crippen LogP) is 0.550. The molecule has 138 valence electrons. The lowest BCUT2D eigenvalue weighted by atomic mass is 9.97. The van der Waals surface area contributed by atoms with Crippen LogP contribution in [0.5, 0.6) is 0 Å². The van der Waals surface area contributed by atoms with Crippen LogP contribution in [0.25, 0.3) is 0 Å². The van der Waals surface area contributed by atoms with Gasteiger partial charge in [0.25, 0.3) is 5.91 Å². The van der Waals surface area contributed by atoms with Crippen molar-refractivity contribution in [3.05, 3.63) is 29.8 Å². The molecule has 2 rings (SSSR count). The average molecular weight is 367 g/mol. The Bertz CT molecular complexity index is 736. The largest absolute Gasteiger partial charge is 0.348 e. The zero-order valence-electron chi connectivity index (χ0n) is 14.6. The van der Waals surface area contributed by atoms with Crippen molar-refractivity contribution in [1.82, 2.24) is 10.2 Å². The van der Waals surface area contributed by atoms with Crippen LogP contribution in [0.15, 0.2) is 29.2 Å². The van der Waals surface area contributed by atoms with Gasteiger partial charge in [0.2, 0.25) is 5.91 Å². The Hall–Kier alpha value is -1.93. The first kappa shape index (κ1) is 19.4. The summed E-state index contributed by atoms with van der Waals surface area (Å²) in [7, 11) is -0.726. The van der Waals surface area contributed by atoms with Crippen LogP contribution < -0.4 is 11.1 Å². The fourth-order valence-electron chi connectivity index (χ4n) is 2.93. The van der Waals surface area contributed by atoms with E-state index in [4.69, 9.17) is 5.73 Å². The lowest BCUT2D eigenvalue weighted by molar-refractivity contribution is -0.125. The van der Waals surface area contributed by atoms with E-state index in [0.29, 0.717) is 12.1 Å². The van der Waals surface area contributed by atoms with Crippen LogP contribution in [0.1, 0.15) is 36.0 Å². The van der Waals surface area contributed by atoms with Gasteiger partial charge in [-0.25, -0.2) is 8.42 Å². The summed E-state index contributed by atoms with van der Waals surface area (Å²) in [5.41, 5.74) is 5.83. The van der Waals surface area contributed by atoms with Crippen molar-refractivity contribution in [3.8, 4) is 0 Å². The molecule has 0 atom stereocenters. The smallest absolute Gasteiger partial charge is 0.251 e. The van der Waals surface area contributed by atoms with Crippen molar-refractivity contribution in [1.29, 1.82) is 0 Å². The number of rotatable bonds is 6. The third kappa shape index (κ3) is 4.58. The van der Waals surface area contributed by atoms with E-state index in [1.807, 2.05) is 0 Å². The zero-order valence-corrected chi connectivity index (χ0v) is 15.4. The number of benzene rings is 1. The maximum absolute atomic E-state index is 12.4. The summed E-state index contributed by atoms with van der Waals surface area (Å²) in [5.74, 6) is -1.35. The van der Waals surface area contributed by atoms with Crippen molar-refractivity contribution < 1.29 is 18.0 Å². The molecule has 3 N–H and O–H groups in total. The third-order valence-electron chi connectivity index (χ3n) is 4.62. The van der Waals surface area contributed by atoms with E-state index < -0.39 is 21.5 Å². The molecular formula is C17H25N3O4S. The summed E-state index contributed by atoms with van der Waals surface area (Å²) >= 11 is 0. The molecule has 0 unspecified atom stereocenters. The standard InChI is InChI=1S/C17H25N3O4S/c1-20(2)15(21)11-25(23,24)14-7-5-13(6-8-14)16(22)19-17(12-18)9-3-4-10-17/h5-8H,3-4,9-12,18H2,1-2H3,(H,19,22). The van der Waals surface area contributed by atoms with E-state index in [2.05, 4.69) is 5.32 Å². The summed E-state index contributed by atoms with van der Waals surface area (Å²) in [5, 5.41) is 2.99. The second-order valence-electron chi connectivity index (χ2n) is 6.72. The maximum atomic E-state index is 12.4. The molecule has 0 spiro atoms. The number of carbonyl (C=O) groups is 2. The van der Waals surface area contributed by atoms with Crippen LogP contribution in [0.4, 0.5) is 0 Å². The molecule has 7 nitrogen and oxygen atoms in total. The van der Waals surface area contributed by atoms with Gasteiger partial charge >= 0.3 is 0 Å². The molecule has 0 heterocycles. The molecule has 1 aliphatic rings. The molecule has 0 bridgehead atoms. The van der Waals surface area contributed by atoms with Gasteiger partial charge in [-0.05, 0) is 37.1 Å². The molecule has 0 aromatic heterocycles. The number of nitrogens with one attached hydrogen (secondary N) is 1. The van der Waals surface area contributed by atoms with E-state index in [9.17, 15) is 18.0 Å². The Balaban J connectivity index is 2.11. The van der Waals surface area contributed by atoms with Gasteiger partial charge in [-0.1, -0.05) is 12.8 Å². The van der Waals surface area contributed by atoms with Crippen molar-refractivity contribution in [3.63, 3.8) is 0 Å². The molecule has 2 amide bonds. The molecule has 1 fully saturated rings. The molecule has 8 heteroatoms. The molecule has 25 heavy (non-hydrogen) atoms. The van der Waals surface area contributed by atoms with Gasteiger partial charge in [0, 0.05) is 26.2 Å². The van der Waals surface area contributed by atoms with Crippen LogP contribution in [-0.2, 0) is 14.6 Å². The number of amides is 2. The van der Waals surface area contributed by atoms with Crippen LogP contribution in [0, 0.1) is 0 Å². The minimum absolute atomic E-state index is 0.0219. The highest BCUT2D eigenvalue weighted by atomic mass is 32.2. The predicted molar refractivity (Wildman–Crippen MR) is 94.9 cm³/mol. The monoisotopic (exact) mass is 367 g/mol. The van der Waals surface area contributed by atoms with Gasteiger partial charge in [0.05, 0.1) is 10.4 Å². The number of hydrogen-bond acceptors (Lipinski definition) is 5. The van der Waals surface area contributed by atoms with E-state index in [-0.39, 0.29) is 16.3 Å². The molecular weight excluding hydrogens is 342 g/mol. The van der Waals surface area contributed by atoms with E-state index in [0.717, 1.165) is 25.7 Å². The van der Waals surface area contributed by atoms with Crippen molar-refractivity contribution in [2.75, 3.05) is 26.4 Å². The zero-order chi connectivity index (χ0) is 18.7. The average Bonchev–Trinajstić information content (AvgIpc) is 3.03. The molecule has 0 radical (unpaired) electrons. The van der Waals surface area contributed by atoms with Crippen LogP contribution in [0.2, 0.25) is 0 Å². The van der Waals surface area contributed by atoms with E-state index >= 15 is 0 Å². The van der Waals surface area contributed by atoms with Gasteiger partial charge < -0.3 is 16.0 Å². The van der Waals surface area contributed by atoms with Gasteiger partial charge in [-0.3, -0.25) is 9.59 Å². The Kier molecular flexibility index (Phi) is 5.84. The van der Waals surface area contributed by atoms with E-state index in [1.165, 1.54) is 43.3 Å². The minimum atomic E-state index is -3.73. The molecule has 0 aliphatic heterocycles. The quantitative estimate of drug-likeness (QED) is 0.763. The fraction of sp³-hybridized carbons (Fsp3) is 0.529. The topological polar surface area (TPSA) is 110 Å². The first-order chi connectivity index (χ1) is 11.7. The Labute approximate surface area is 148 Å². The van der Waals surface area contributed by atoms with Crippen molar-refractivity contribution in [2.24, 2.45) is 5.73 Å². The molecule has 1 aromatic rings. The summed E-state index contributed by atoms with van der Waals surface area (Å²) in [6.07, 6.45) is 3.78. The van der Waals surface area contributed by atoms with Crippen molar-refractivity contribution >= 4 is 21.7 Å². The molecule has 1 aliphatic carbocycles. The number of hydrogen-bond donors (Lipinski definition) is 2. The van der Waals surface area contributed by atoms with Gasteiger partial charge in [-0.2, -0.15) is 0 Å². The first-order valence-corrected chi connectivity index (χ1v) is 9.90. The van der Waals surface area contributed by atoms with Crippen LogP contribution >= 0.6 is 0 Å². The second kappa shape index (κ2) is 7.53. The van der Waals surface area contributed by atoms with Gasteiger partial charge in [0.15, 0.2) is 9.84 Å². The number of nitrogens with two attached hydrogens (primary N) is 1. The Morgan fingerprint density at radius 2 is 1.72 bits per heavy atom. The lowest BCUT2D eigenvalue weighted by Crippen LogP contribution is -2.51. The van der Waals surface area contributed by atoms with Crippen LogP contribution in [-0.4, -0.2) is 57.1 Å². The first-order valence-electron chi connectivity index (χ1n) is 8.25. The minimum Gasteiger partial charge on any atom is -0.348 e. The molecule has 0 saturated heterocycles. The fourth-order valence-corrected chi connectivity index (χ4v) is 4.23. The third-order valence-corrected chi connectivity index (χ3v) is 6.24. The van der Waals surface area contributed by atoms with Gasteiger partial charge in [-0.15, -0.1) is 0 Å². The number of carbonyl (C=O) groups excluding carboxylic acids is 2. The summed E-state index contributed by atoms with van der Waals surface area (Å²) in [4.78, 5) is 25.3. The maximum Gasteiger partial charge on any atom is 0.251 e. The molecule has 1 saturated carbocycles. The lowest BCUT2D eigenvalue weighted by Gasteiger charge is -2.28. The Morgan fingerprint density at radius 1 is 1.16 bits per heavy atom.